The van der Waals surface area contributed by atoms with E-state index in [0.29, 0.717) is 17.6 Å². The summed E-state index contributed by atoms with van der Waals surface area (Å²) in [6, 6.07) is -0.614. The number of hydrogen-bond acceptors (Lipinski definition) is 6. The number of thioether (sulfide) groups is 1. The van der Waals surface area contributed by atoms with E-state index in [1.807, 2.05) is 6.26 Å². The van der Waals surface area contributed by atoms with E-state index >= 15 is 0 Å². The van der Waals surface area contributed by atoms with Gasteiger partial charge in [-0.1, -0.05) is 18.7 Å². The van der Waals surface area contributed by atoms with Crippen molar-refractivity contribution in [3.8, 4) is 0 Å². The Kier molecular flexibility index (Phi) is 4.00. The van der Waals surface area contributed by atoms with Crippen molar-refractivity contribution in [2.45, 2.75) is 44.1 Å². The van der Waals surface area contributed by atoms with Gasteiger partial charge in [0.2, 0.25) is 0 Å². The van der Waals surface area contributed by atoms with E-state index in [-0.39, 0.29) is 5.60 Å². The first-order valence-electron chi connectivity index (χ1n) is 7.02. The summed E-state index contributed by atoms with van der Waals surface area (Å²) < 4.78 is 5.99. The minimum Gasteiger partial charge on any atom is -0.369 e. The van der Waals surface area contributed by atoms with Gasteiger partial charge in [-0.05, 0) is 25.2 Å². The number of anilines is 1. The predicted octanol–water partition coefficient (Wildman–Crippen LogP) is 3.15. The Labute approximate surface area is 136 Å². The zero-order valence-electron chi connectivity index (χ0n) is 12.7. The van der Waals surface area contributed by atoms with Crippen LogP contribution in [-0.2, 0) is 17.8 Å². The molecule has 8 heteroatoms. The number of carbonyl (C=O) groups excluding carboxylic acids is 1. The van der Waals surface area contributed by atoms with Gasteiger partial charge >= 0.3 is 6.03 Å². The minimum atomic E-state index is -0.614. The highest BCUT2D eigenvalue weighted by Gasteiger charge is 2.33. The third-order valence-electron chi connectivity index (χ3n) is 3.99. The normalized spacial score (nSPS) is 20.9. The van der Waals surface area contributed by atoms with Gasteiger partial charge in [0.15, 0.2) is 5.16 Å². The molecular formula is C14H18N4O2S2. The van der Waals surface area contributed by atoms with E-state index in [0.717, 1.165) is 27.9 Å². The van der Waals surface area contributed by atoms with E-state index < -0.39 is 6.03 Å². The number of rotatable bonds is 3. The third kappa shape index (κ3) is 2.66. The number of urea groups is 1. The molecular weight excluding hydrogens is 320 g/mol. The molecule has 0 saturated heterocycles. The number of carbonyl (C=O) groups is 1. The Morgan fingerprint density at radius 2 is 2.32 bits per heavy atom. The van der Waals surface area contributed by atoms with Crippen LogP contribution in [-0.4, -0.2) is 27.9 Å². The molecule has 6 nitrogen and oxygen atoms in total. The van der Waals surface area contributed by atoms with Crippen LogP contribution in [0.15, 0.2) is 5.16 Å². The molecule has 1 unspecified atom stereocenters. The summed E-state index contributed by atoms with van der Waals surface area (Å²) in [6.45, 7) is 4.80. The fourth-order valence-corrected chi connectivity index (χ4v) is 4.10. The average Bonchev–Trinajstić information content (AvgIpc) is 2.84. The molecule has 1 aliphatic rings. The van der Waals surface area contributed by atoms with Crippen molar-refractivity contribution < 1.29 is 9.53 Å². The highest BCUT2D eigenvalue weighted by atomic mass is 32.2. The Bertz CT molecular complexity index is 746. The Morgan fingerprint density at radius 1 is 1.55 bits per heavy atom. The molecule has 0 spiro atoms. The van der Waals surface area contributed by atoms with Crippen molar-refractivity contribution in [2.24, 2.45) is 5.73 Å². The number of nitrogens with zero attached hydrogens (tertiary/aromatic N) is 2. The number of primary amides is 1. The number of hydrogen-bond donors (Lipinski definition) is 2. The smallest absolute Gasteiger partial charge is 0.317 e. The van der Waals surface area contributed by atoms with E-state index in [9.17, 15) is 4.79 Å². The number of thiophene rings is 1. The lowest BCUT2D eigenvalue weighted by atomic mass is 9.90. The number of amides is 2. The first kappa shape index (κ1) is 15.5. The molecule has 0 saturated carbocycles. The SMILES string of the molecule is CCC1(C)Cc2c(sc3nc(SC)nc(NC(N)=O)c23)CO1. The fraction of sp³-hybridized carbons (Fsp3) is 0.500. The van der Waals surface area contributed by atoms with Crippen LogP contribution in [0.5, 0.6) is 0 Å². The maximum Gasteiger partial charge on any atom is 0.317 e. The van der Waals surface area contributed by atoms with Gasteiger partial charge in [-0.25, -0.2) is 14.8 Å². The lowest BCUT2D eigenvalue weighted by Gasteiger charge is -2.33. The molecule has 0 radical (unpaired) electrons. The van der Waals surface area contributed by atoms with Crippen molar-refractivity contribution in [1.29, 1.82) is 0 Å². The summed E-state index contributed by atoms with van der Waals surface area (Å²) in [7, 11) is 0. The van der Waals surface area contributed by atoms with Crippen molar-refractivity contribution >= 4 is 45.2 Å². The van der Waals surface area contributed by atoms with Crippen LogP contribution in [0.1, 0.15) is 30.7 Å². The molecule has 0 aliphatic carbocycles. The van der Waals surface area contributed by atoms with E-state index in [1.165, 1.54) is 17.3 Å². The van der Waals surface area contributed by atoms with Crippen LogP contribution in [0.4, 0.5) is 10.6 Å². The molecule has 1 atom stereocenters. The van der Waals surface area contributed by atoms with Gasteiger partial charge in [-0.3, -0.25) is 5.32 Å². The summed E-state index contributed by atoms with van der Waals surface area (Å²) in [4.78, 5) is 22.3. The Morgan fingerprint density at radius 3 is 2.95 bits per heavy atom. The standard InChI is InChI=1S/C14H18N4O2S2/c1-4-14(2)5-7-8(6-20-14)22-11-9(7)10(16-12(15)19)17-13(18-11)21-3/h4-6H2,1-3H3,(H3,15,16,17,18,19). The summed E-state index contributed by atoms with van der Waals surface area (Å²) in [6.07, 6.45) is 3.61. The van der Waals surface area contributed by atoms with Crippen LogP contribution >= 0.6 is 23.1 Å². The molecule has 118 valence electrons. The van der Waals surface area contributed by atoms with Gasteiger partial charge in [-0.15, -0.1) is 11.3 Å². The summed E-state index contributed by atoms with van der Waals surface area (Å²) >= 11 is 3.04. The molecule has 0 aromatic carbocycles. The molecule has 0 bridgehead atoms. The second-order valence-electron chi connectivity index (χ2n) is 5.50. The minimum absolute atomic E-state index is 0.191. The molecule has 0 fully saturated rings. The average molecular weight is 338 g/mol. The predicted molar refractivity (Wildman–Crippen MR) is 89.6 cm³/mol. The van der Waals surface area contributed by atoms with Crippen LogP contribution in [0.25, 0.3) is 10.2 Å². The van der Waals surface area contributed by atoms with Crippen molar-refractivity contribution in [3.63, 3.8) is 0 Å². The lowest BCUT2D eigenvalue weighted by molar-refractivity contribution is -0.0542. The fourth-order valence-electron chi connectivity index (χ4n) is 2.58. The van der Waals surface area contributed by atoms with Gasteiger partial charge in [0, 0.05) is 11.3 Å². The number of nitrogens with two attached hydrogens (primary N) is 1. The van der Waals surface area contributed by atoms with Crippen LogP contribution < -0.4 is 11.1 Å². The molecule has 22 heavy (non-hydrogen) atoms. The van der Waals surface area contributed by atoms with Gasteiger partial charge < -0.3 is 10.5 Å². The molecule has 3 N–H and O–H groups in total. The van der Waals surface area contributed by atoms with Crippen molar-refractivity contribution in [2.75, 3.05) is 11.6 Å². The summed E-state index contributed by atoms with van der Waals surface area (Å²) in [5, 5.41) is 4.17. The third-order valence-corrected chi connectivity index (χ3v) is 5.64. The molecule has 2 aromatic heterocycles. The second kappa shape index (κ2) is 5.68. The van der Waals surface area contributed by atoms with Gasteiger partial charge in [0.05, 0.1) is 17.6 Å². The number of nitrogens with one attached hydrogen (secondary N) is 1. The summed E-state index contributed by atoms with van der Waals surface area (Å²) in [5.74, 6) is 0.500. The molecule has 1 aliphatic heterocycles. The highest BCUT2D eigenvalue weighted by molar-refractivity contribution is 7.98. The van der Waals surface area contributed by atoms with Crippen molar-refractivity contribution in [1.82, 2.24) is 9.97 Å². The number of fused-ring (bicyclic) bond motifs is 3. The van der Waals surface area contributed by atoms with Gasteiger partial charge in [0.1, 0.15) is 10.6 Å². The van der Waals surface area contributed by atoms with Gasteiger partial charge in [0.25, 0.3) is 0 Å². The molecule has 2 amide bonds. The van der Waals surface area contributed by atoms with E-state index in [4.69, 9.17) is 10.5 Å². The monoisotopic (exact) mass is 338 g/mol. The Hall–Kier alpha value is -1.38. The zero-order valence-corrected chi connectivity index (χ0v) is 14.4. The van der Waals surface area contributed by atoms with E-state index in [1.54, 1.807) is 11.3 Å². The molecule has 3 rings (SSSR count). The molecule has 3 heterocycles. The lowest BCUT2D eigenvalue weighted by Crippen LogP contribution is -2.34. The number of aromatic nitrogens is 2. The Balaban J connectivity index is 2.20. The summed E-state index contributed by atoms with van der Waals surface area (Å²) in [5.41, 5.74) is 6.27. The quantitative estimate of drug-likeness (QED) is 0.663. The zero-order chi connectivity index (χ0) is 15.9. The second-order valence-corrected chi connectivity index (χ2v) is 7.36. The first-order valence-corrected chi connectivity index (χ1v) is 9.06. The van der Waals surface area contributed by atoms with Gasteiger partial charge in [-0.2, -0.15) is 0 Å². The largest absolute Gasteiger partial charge is 0.369 e. The van der Waals surface area contributed by atoms with E-state index in [2.05, 4.69) is 29.1 Å². The maximum absolute atomic E-state index is 11.3. The van der Waals surface area contributed by atoms with Crippen LogP contribution in [0.2, 0.25) is 0 Å². The molecule has 2 aromatic rings. The number of ether oxygens (including phenoxy) is 1. The van der Waals surface area contributed by atoms with Crippen LogP contribution in [0.3, 0.4) is 0 Å². The topological polar surface area (TPSA) is 90.1 Å². The maximum atomic E-state index is 11.3. The highest BCUT2D eigenvalue weighted by Crippen LogP contribution is 2.42. The first-order chi connectivity index (χ1) is 10.5. The van der Waals surface area contributed by atoms with Crippen molar-refractivity contribution in [3.05, 3.63) is 10.4 Å². The van der Waals surface area contributed by atoms with Crippen LogP contribution in [0, 0.1) is 0 Å².